The third-order valence-electron chi connectivity index (χ3n) is 5.83. The van der Waals surface area contributed by atoms with E-state index in [9.17, 15) is 4.79 Å². The van der Waals surface area contributed by atoms with Gasteiger partial charge in [0.2, 0.25) is 5.91 Å². The zero-order valence-electron chi connectivity index (χ0n) is 20.1. The van der Waals surface area contributed by atoms with Crippen molar-refractivity contribution in [3.8, 4) is 11.5 Å². The van der Waals surface area contributed by atoms with E-state index in [1.165, 1.54) is 0 Å². The third-order valence-corrected chi connectivity index (χ3v) is 6.65. The minimum Gasteiger partial charge on any atom is -0.497 e. The van der Waals surface area contributed by atoms with E-state index in [4.69, 9.17) is 14.2 Å². The topological polar surface area (TPSA) is 72.9 Å². The van der Waals surface area contributed by atoms with Crippen LogP contribution in [0.25, 0.3) is 6.08 Å². The highest BCUT2D eigenvalue weighted by Crippen LogP contribution is 2.24. The molecule has 0 radical (unpaired) electrons. The molecular weight excluding hydrogens is 462 g/mol. The van der Waals surface area contributed by atoms with Gasteiger partial charge in [0, 0.05) is 36.7 Å². The average molecular weight is 494 g/mol. The summed E-state index contributed by atoms with van der Waals surface area (Å²) in [5, 5.41) is 6.08. The Labute approximate surface area is 210 Å². The van der Waals surface area contributed by atoms with E-state index in [1.807, 2.05) is 48.7 Å². The molecule has 4 rings (SSSR count). The van der Waals surface area contributed by atoms with Gasteiger partial charge in [-0.05, 0) is 36.8 Å². The maximum atomic E-state index is 12.7. The first-order chi connectivity index (χ1) is 17.1. The number of morpholine rings is 1. The summed E-state index contributed by atoms with van der Waals surface area (Å²) < 4.78 is 16.8. The Morgan fingerprint density at radius 3 is 2.69 bits per heavy atom. The van der Waals surface area contributed by atoms with Gasteiger partial charge in [0.05, 0.1) is 37.1 Å². The molecule has 0 bridgehead atoms. The second kappa shape index (κ2) is 12.5. The van der Waals surface area contributed by atoms with E-state index < -0.39 is 0 Å². The maximum Gasteiger partial charge on any atom is 0.244 e. The summed E-state index contributed by atoms with van der Waals surface area (Å²) in [5.41, 5.74) is 2.87. The Balaban J connectivity index is 1.38. The van der Waals surface area contributed by atoms with Gasteiger partial charge in [-0.3, -0.25) is 9.69 Å². The summed E-state index contributed by atoms with van der Waals surface area (Å²) in [7, 11) is 1.66. The molecule has 1 aliphatic heterocycles. The molecule has 1 aliphatic rings. The Morgan fingerprint density at radius 2 is 1.97 bits per heavy atom. The predicted octanol–water partition coefficient (Wildman–Crippen LogP) is 4.24. The summed E-state index contributed by atoms with van der Waals surface area (Å²) in [6, 6.07) is 15.7. The molecule has 2 aromatic carbocycles. The van der Waals surface area contributed by atoms with Crippen molar-refractivity contribution in [1.82, 2.24) is 15.2 Å². The Bertz CT molecular complexity index is 1120. The number of nitrogens with one attached hydrogen (secondary N) is 1. The number of benzene rings is 2. The summed E-state index contributed by atoms with van der Waals surface area (Å²) in [4.78, 5) is 19.5. The Morgan fingerprint density at radius 1 is 1.20 bits per heavy atom. The van der Waals surface area contributed by atoms with Crippen LogP contribution in [-0.4, -0.2) is 55.7 Å². The highest BCUT2D eigenvalue weighted by molar-refractivity contribution is 7.09. The number of amides is 1. The number of aryl methyl sites for hydroxylation is 1. The van der Waals surface area contributed by atoms with Crippen LogP contribution in [0.4, 0.5) is 0 Å². The molecule has 1 unspecified atom stereocenters. The zero-order chi connectivity index (χ0) is 24.5. The van der Waals surface area contributed by atoms with Crippen molar-refractivity contribution in [2.24, 2.45) is 0 Å². The lowest BCUT2D eigenvalue weighted by molar-refractivity contribution is -0.116. The number of thiazole rings is 1. The molecule has 0 aliphatic carbocycles. The summed E-state index contributed by atoms with van der Waals surface area (Å²) in [5.74, 6) is 1.38. The van der Waals surface area contributed by atoms with Crippen LogP contribution in [0, 0.1) is 6.92 Å². The Kier molecular flexibility index (Phi) is 8.89. The minimum atomic E-state index is -0.151. The monoisotopic (exact) mass is 493 g/mol. The number of para-hydroxylation sites is 1. The molecule has 8 heteroatoms. The molecule has 1 atom stereocenters. The molecule has 1 N–H and O–H groups in total. The Hall–Kier alpha value is -3.20. The normalized spacial score (nSPS) is 15.1. The van der Waals surface area contributed by atoms with Crippen LogP contribution in [-0.2, 0) is 16.1 Å². The van der Waals surface area contributed by atoms with E-state index in [-0.39, 0.29) is 11.9 Å². The highest BCUT2D eigenvalue weighted by atomic mass is 32.1. The van der Waals surface area contributed by atoms with Crippen molar-refractivity contribution in [3.05, 3.63) is 81.8 Å². The zero-order valence-corrected chi connectivity index (χ0v) is 20.9. The van der Waals surface area contributed by atoms with Crippen LogP contribution in [0.3, 0.4) is 0 Å². The number of carbonyl (C=O) groups is 1. The molecule has 184 valence electrons. The summed E-state index contributed by atoms with van der Waals surface area (Å²) in [6.07, 6.45) is 3.34. The smallest absolute Gasteiger partial charge is 0.244 e. The number of ether oxygens (including phenoxy) is 3. The van der Waals surface area contributed by atoms with Gasteiger partial charge in [-0.1, -0.05) is 30.3 Å². The number of hydrogen-bond donors (Lipinski definition) is 1. The summed E-state index contributed by atoms with van der Waals surface area (Å²) >= 11 is 1.60. The van der Waals surface area contributed by atoms with E-state index in [0.29, 0.717) is 32.1 Å². The largest absolute Gasteiger partial charge is 0.497 e. The van der Waals surface area contributed by atoms with Crippen molar-refractivity contribution in [3.63, 3.8) is 0 Å². The van der Waals surface area contributed by atoms with Crippen molar-refractivity contribution >= 4 is 23.3 Å². The second-order valence-electron chi connectivity index (χ2n) is 8.20. The van der Waals surface area contributed by atoms with Gasteiger partial charge in [-0.2, -0.15) is 0 Å². The van der Waals surface area contributed by atoms with E-state index >= 15 is 0 Å². The number of nitrogens with zero attached hydrogens (tertiary/aromatic N) is 2. The fraction of sp³-hybridized carbons (Fsp3) is 0.333. The SMILES string of the molecule is COc1ccc(C(CNC(=O)/C=C/c2ccccc2OCc2csc(C)n2)N2CCOCC2)cc1. The van der Waals surface area contributed by atoms with Crippen LogP contribution in [0.5, 0.6) is 11.5 Å². The summed E-state index contributed by atoms with van der Waals surface area (Å²) in [6.45, 7) is 5.90. The molecular formula is C27H31N3O4S. The van der Waals surface area contributed by atoms with Crippen molar-refractivity contribution in [2.75, 3.05) is 40.0 Å². The lowest BCUT2D eigenvalue weighted by Gasteiger charge is -2.34. The number of rotatable bonds is 10. The maximum absolute atomic E-state index is 12.7. The number of methoxy groups -OCH3 is 1. The van der Waals surface area contributed by atoms with Gasteiger partial charge >= 0.3 is 0 Å². The van der Waals surface area contributed by atoms with Crippen LogP contribution < -0.4 is 14.8 Å². The molecule has 3 aromatic rings. The van der Waals surface area contributed by atoms with Gasteiger partial charge in [-0.25, -0.2) is 4.98 Å². The first-order valence-corrected chi connectivity index (χ1v) is 12.5. The molecule has 1 amide bonds. The fourth-order valence-corrected chi connectivity index (χ4v) is 4.57. The highest BCUT2D eigenvalue weighted by Gasteiger charge is 2.23. The standard InChI is InChI=1S/C27H31N3O4S/c1-20-29-23(19-35-20)18-34-26-6-4-3-5-22(26)9-12-27(31)28-17-25(30-13-15-33-16-14-30)21-7-10-24(32-2)11-8-21/h3-12,19,25H,13-18H2,1-2H3,(H,28,31)/b12-9+. The van der Waals surface area contributed by atoms with Gasteiger partial charge in [0.25, 0.3) is 0 Å². The molecule has 7 nitrogen and oxygen atoms in total. The van der Waals surface area contributed by atoms with Gasteiger partial charge in [-0.15, -0.1) is 11.3 Å². The molecule has 35 heavy (non-hydrogen) atoms. The molecule has 0 saturated carbocycles. The molecule has 1 saturated heterocycles. The van der Waals surface area contributed by atoms with Gasteiger partial charge in [0.15, 0.2) is 0 Å². The van der Waals surface area contributed by atoms with Gasteiger partial charge < -0.3 is 19.5 Å². The van der Waals surface area contributed by atoms with Gasteiger partial charge in [0.1, 0.15) is 18.1 Å². The fourth-order valence-electron chi connectivity index (χ4n) is 3.97. The second-order valence-corrected chi connectivity index (χ2v) is 9.26. The molecule has 2 heterocycles. The lowest BCUT2D eigenvalue weighted by atomic mass is 10.0. The minimum absolute atomic E-state index is 0.0549. The van der Waals surface area contributed by atoms with Crippen LogP contribution >= 0.6 is 11.3 Å². The lowest BCUT2D eigenvalue weighted by Crippen LogP contribution is -2.43. The predicted molar refractivity (Wildman–Crippen MR) is 138 cm³/mol. The van der Waals surface area contributed by atoms with Crippen LogP contribution in [0.1, 0.15) is 27.9 Å². The van der Waals surface area contributed by atoms with Crippen LogP contribution in [0.2, 0.25) is 0 Å². The van der Waals surface area contributed by atoms with E-state index in [2.05, 4.69) is 27.3 Å². The number of carbonyl (C=O) groups excluding carboxylic acids is 1. The number of aromatic nitrogens is 1. The van der Waals surface area contributed by atoms with Crippen LogP contribution in [0.15, 0.2) is 60.0 Å². The molecule has 1 fully saturated rings. The molecule has 0 spiro atoms. The van der Waals surface area contributed by atoms with E-state index in [1.54, 1.807) is 30.6 Å². The molecule has 1 aromatic heterocycles. The van der Waals surface area contributed by atoms with Crippen molar-refractivity contribution in [2.45, 2.75) is 19.6 Å². The first-order valence-electron chi connectivity index (χ1n) is 11.7. The third kappa shape index (κ3) is 7.14. The first kappa shape index (κ1) is 24.9. The number of hydrogen-bond acceptors (Lipinski definition) is 7. The van der Waals surface area contributed by atoms with Crippen molar-refractivity contribution in [1.29, 1.82) is 0 Å². The van der Waals surface area contributed by atoms with Crippen molar-refractivity contribution < 1.29 is 19.0 Å². The van der Waals surface area contributed by atoms with E-state index in [0.717, 1.165) is 40.7 Å². The quantitative estimate of drug-likeness (QED) is 0.426. The average Bonchev–Trinajstić information content (AvgIpc) is 3.32.